The van der Waals surface area contributed by atoms with Gasteiger partial charge in [-0.2, -0.15) is 0 Å². The zero-order valence-electron chi connectivity index (χ0n) is 28.0. The van der Waals surface area contributed by atoms with Gasteiger partial charge in [0.1, 0.15) is 18.3 Å². The Kier molecular flexibility index (Phi) is 12.9. The molecule has 0 fully saturated rings. The number of carbonyl (C=O) groups is 2. The van der Waals surface area contributed by atoms with Crippen molar-refractivity contribution in [1.29, 1.82) is 0 Å². The van der Waals surface area contributed by atoms with Crippen LogP contribution in [0.1, 0.15) is 30.5 Å². The molecule has 4 aromatic carbocycles. The van der Waals surface area contributed by atoms with E-state index in [0.29, 0.717) is 17.1 Å². The summed E-state index contributed by atoms with van der Waals surface area (Å²) in [5.74, 6) is -0.980. The van der Waals surface area contributed by atoms with Crippen LogP contribution < -0.4 is 14.4 Å². The van der Waals surface area contributed by atoms with Crippen LogP contribution in [-0.4, -0.2) is 56.3 Å². The molecule has 0 spiro atoms. The number of sulfonamides is 1. The number of nitrogens with zero attached hydrogens (tertiary/aromatic N) is 3. The molecule has 0 aliphatic heterocycles. The minimum Gasteiger partial charge on any atom is -0.495 e. The quantitative estimate of drug-likeness (QED) is 0.104. The van der Waals surface area contributed by atoms with Gasteiger partial charge in [0.25, 0.3) is 15.7 Å². The van der Waals surface area contributed by atoms with E-state index < -0.39 is 49.9 Å². The number of ether oxygens (including phenoxy) is 1. The number of carbonyl (C=O) groups excluding carboxylic acids is 2. The van der Waals surface area contributed by atoms with Crippen LogP contribution >= 0.6 is 23.2 Å². The van der Waals surface area contributed by atoms with Crippen LogP contribution in [0, 0.1) is 23.0 Å². The van der Waals surface area contributed by atoms with E-state index in [1.807, 2.05) is 44.2 Å². The second kappa shape index (κ2) is 16.8. The molecule has 264 valence electrons. The highest BCUT2D eigenvalue weighted by atomic mass is 35.5. The Bertz CT molecular complexity index is 1960. The van der Waals surface area contributed by atoms with Gasteiger partial charge in [-0.15, -0.1) is 0 Å². The number of hydrogen-bond donors (Lipinski definition) is 1. The average Bonchev–Trinajstić information content (AvgIpc) is 3.07. The number of amides is 2. The van der Waals surface area contributed by atoms with Gasteiger partial charge in [0.05, 0.1) is 22.6 Å². The number of rotatable bonds is 15. The molecule has 0 aliphatic rings. The summed E-state index contributed by atoms with van der Waals surface area (Å²) in [5.41, 5.74) is 1.13. The molecule has 0 heterocycles. The molecule has 0 unspecified atom stereocenters. The first kappa shape index (κ1) is 38.2. The highest BCUT2D eigenvalue weighted by Crippen LogP contribution is 2.36. The van der Waals surface area contributed by atoms with Crippen LogP contribution in [0.15, 0.2) is 95.9 Å². The van der Waals surface area contributed by atoms with E-state index in [1.54, 1.807) is 24.3 Å². The summed E-state index contributed by atoms with van der Waals surface area (Å²) < 4.78 is 35.2. The Morgan fingerprint density at radius 1 is 0.920 bits per heavy atom. The number of hydrogen-bond acceptors (Lipinski definition) is 7. The van der Waals surface area contributed by atoms with E-state index in [0.717, 1.165) is 15.9 Å². The second-order valence-corrected chi connectivity index (χ2v) is 14.8. The normalized spacial score (nSPS) is 11.9. The lowest BCUT2D eigenvalue weighted by Crippen LogP contribution is -2.53. The fourth-order valence-corrected chi connectivity index (χ4v) is 7.07. The smallest absolute Gasteiger partial charge is 0.273 e. The highest BCUT2D eigenvalue weighted by Gasteiger charge is 2.36. The van der Waals surface area contributed by atoms with Crippen molar-refractivity contribution in [2.24, 2.45) is 5.92 Å². The number of halogens is 2. The van der Waals surface area contributed by atoms with Gasteiger partial charge in [-0.05, 0) is 60.4 Å². The third-order valence-corrected chi connectivity index (χ3v) is 10.1. The van der Waals surface area contributed by atoms with E-state index in [4.69, 9.17) is 27.9 Å². The van der Waals surface area contributed by atoms with Crippen molar-refractivity contribution < 1.29 is 27.7 Å². The van der Waals surface area contributed by atoms with Crippen molar-refractivity contribution in [3.05, 3.63) is 128 Å². The van der Waals surface area contributed by atoms with Gasteiger partial charge >= 0.3 is 0 Å². The van der Waals surface area contributed by atoms with Gasteiger partial charge in [0, 0.05) is 41.2 Å². The molecular weight excluding hydrogens is 703 g/mol. The molecule has 11 nitrogen and oxygen atoms in total. The monoisotopic (exact) mass is 740 g/mol. The summed E-state index contributed by atoms with van der Waals surface area (Å²) in [7, 11) is -3.36. The molecule has 0 saturated carbocycles. The molecule has 0 aliphatic carbocycles. The maximum Gasteiger partial charge on any atom is 0.273 e. The molecule has 0 aromatic heterocycles. The van der Waals surface area contributed by atoms with Crippen molar-refractivity contribution in [1.82, 2.24) is 10.2 Å². The van der Waals surface area contributed by atoms with Gasteiger partial charge in [-0.25, -0.2) is 8.42 Å². The first-order valence-corrected chi connectivity index (χ1v) is 17.9. The minimum absolute atomic E-state index is 0.0734. The van der Waals surface area contributed by atoms with Gasteiger partial charge in [0.2, 0.25) is 11.8 Å². The number of aryl methyl sites for hydroxylation is 1. The Hall–Kier alpha value is -4.65. The Morgan fingerprint density at radius 3 is 2.24 bits per heavy atom. The van der Waals surface area contributed by atoms with E-state index >= 15 is 0 Å². The van der Waals surface area contributed by atoms with E-state index in [2.05, 4.69) is 5.32 Å². The molecule has 0 bridgehead atoms. The molecule has 14 heteroatoms. The number of anilines is 1. The predicted octanol–water partition coefficient (Wildman–Crippen LogP) is 6.83. The summed E-state index contributed by atoms with van der Waals surface area (Å²) in [6.07, 6.45) is 0.120. The lowest BCUT2D eigenvalue weighted by atomic mass is 10.0. The summed E-state index contributed by atoms with van der Waals surface area (Å²) in [4.78, 5) is 40.7. The van der Waals surface area contributed by atoms with Crippen LogP contribution in [0.4, 0.5) is 11.4 Å². The van der Waals surface area contributed by atoms with E-state index in [-0.39, 0.29) is 40.9 Å². The summed E-state index contributed by atoms with van der Waals surface area (Å²) in [6, 6.07) is 22.6. The number of methoxy groups -OCH3 is 1. The van der Waals surface area contributed by atoms with Crippen LogP contribution in [-0.2, 0) is 32.6 Å². The third-order valence-electron chi connectivity index (χ3n) is 7.85. The van der Waals surface area contributed by atoms with Crippen molar-refractivity contribution in [3.63, 3.8) is 0 Å². The summed E-state index contributed by atoms with van der Waals surface area (Å²) in [5, 5.41) is 15.3. The van der Waals surface area contributed by atoms with Crippen molar-refractivity contribution in [2.75, 3.05) is 24.5 Å². The van der Waals surface area contributed by atoms with E-state index in [1.165, 1.54) is 49.3 Å². The number of nitro benzene ring substituents is 1. The largest absolute Gasteiger partial charge is 0.495 e. The van der Waals surface area contributed by atoms with Crippen LogP contribution in [0.2, 0.25) is 10.0 Å². The van der Waals surface area contributed by atoms with Crippen molar-refractivity contribution in [2.45, 2.75) is 44.7 Å². The van der Waals surface area contributed by atoms with Gasteiger partial charge in [0.15, 0.2) is 0 Å². The average molecular weight is 742 g/mol. The van der Waals surface area contributed by atoms with Crippen LogP contribution in [0.25, 0.3) is 0 Å². The van der Waals surface area contributed by atoms with E-state index in [9.17, 15) is 28.1 Å². The molecule has 50 heavy (non-hydrogen) atoms. The first-order valence-electron chi connectivity index (χ1n) is 15.7. The van der Waals surface area contributed by atoms with Crippen LogP contribution in [0.3, 0.4) is 0 Å². The zero-order valence-corrected chi connectivity index (χ0v) is 30.3. The third kappa shape index (κ3) is 9.52. The molecular formula is C36H38Cl2N4O7S. The minimum atomic E-state index is -4.69. The standard InChI is InChI=1S/C36H38Cl2N4O7S/c1-24(2)21-39-36(44)33(18-26-9-6-5-7-10-26)40(22-27-11-8-12-28(37)17-27)35(43)23-41(32-19-29(38)14-16-34(32)49-4)50(47,48)30-15-13-25(3)31(20-30)42(45)46/h5-17,19-20,24,33H,18,21-23H2,1-4H3,(H,39,44)/t33-/m1/s1. The molecule has 0 saturated heterocycles. The lowest BCUT2D eigenvalue weighted by Gasteiger charge is -2.34. The lowest BCUT2D eigenvalue weighted by molar-refractivity contribution is -0.385. The maximum atomic E-state index is 14.7. The fraction of sp³-hybridized carbons (Fsp3) is 0.278. The topological polar surface area (TPSA) is 139 Å². The Labute approximate surface area is 302 Å². The fourth-order valence-electron chi connectivity index (χ4n) is 5.25. The van der Waals surface area contributed by atoms with Gasteiger partial charge in [-0.1, -0.05) is 85.6 Å². The molecule has 1 N–H and O–H groups in total. The first-order chi connectivity index (χ1) is 23.7. The number of benzene rings is 4. The summed E-state index contributed by atoms with van der Waals surface area (Å²) in [6.45, 7) is 4.80. The SMILES string of the molecule is COc1ccc(Cl)cc1N(CC(=O)N(Cc1cccc(Cl)c1)[C@H](Cc1ccccc1)C(=O)NCC(C)C)S(=O)(=O)c1ccc(C)c([N+](=O)[O-])c1. The number of nitrogens with one attached hydrogen (secondary N) is 1. The van der Waals surface area contributed by atoms with Gasteiger partial charge < -0.3 is 15.0 Å². The molecule has 0 radical (unpaired) electrons. The van der Waals surface area contributed by atoms with Gasteiger partial charge in [-0.3, -0.25) is 24.0 Å². The predicted molar refractivity (Wildman–Crippen MR) is 194 cm³/mol. The second-order valence-electron chi connectivity index (χ2n) is 12.0. The number of nitro groups is 1. The Balaban J connectivity index is 1.89. The molecule has 4 aromatic rings. The highest BCUT2D eigenvalue weighted by molar-refractivity contribution is 7.92. The Morgan fingerprint density at radius 2 is 1.60 bits per heavy atom. The zero-order chi connectivity index (χ0) is 36.6. The summed E-state index contributed by atoms with van der Waals surface area (Å²) >= 11 is 12.6. The van der Waals surface area contributed by atoms with Crippen LogP contribution in [0.5, 0.6) is 5.75 Å². The van der Waals surface area contributed by atoms with Crippen molar-refractivity contribution >= 4 is 56.4 Å². The molecule has 4 rings (SSSR count). The van der Waals surface area contributed by atoms with Crippen molar-refractivity contribution in [3.8, 4) is 5.75 Å². The maximum absolute atomic E-state index is 14.7. The molecule has 1 atom stereocenters. The molecule has 2 amide bonds.